The Morgan fingerprint density at radius 3 is 2.55 bits per heavy atom. The SMILES string of the molecule is COC(=O)NCCN(c1ccc(Cl)cc1Cl)S(C)(=O)=O. The number of amides is 1. The summed E-state index contributed by atoms with van der Waals surface area (Å²) < 4.78 is 29.1. The number of rotatable bonds is 5. The third kappa shape index (κ3) is 4.73. The lowest BCUT2D eigenvalue weighted by atomic mass is 10.3. The summed E-state index contributed by atoms with van der Waals surface area (Å²) in [6.07, 6.45) is 0.413. The maximum atomic E-state index is 11.8. The lowest BCUT2D eigenvalue weighted by Crippen LogP contribution is -2.38. The minimum atomic E-state index is -3.54. The molecule has 0 saturated heterocycles. The normalized spacial score (nSPS) is 11.0. The van der Waals surface area contributed by atoms with Crippen molar-refractivity contribution in [3.63, 3.8) is 0 Å². The number of methoxy groups -OCH3 is 1. The van der Waals surface area contributed by atoms with Gasteiger partial charge in [-0.1, -0.05) is 23.2 Å². The second kappa shape index (κ2) is 7.01. The highest BCUT2D eigenvalue weighted by Crippen LogP contribution is 2.30. The maximum Gasteiger partial charge on any atom is 0.406 e. The molecule has 1 aromatic carbocycles. The summed E-state index contributed by atoms with van der Waals surface area (Å²) in [6.45, 7) is 0.105. The first-order chi connectivity index (χ1) is 9.25. The number of ether oxygens (including phenoxy) is 1. The number of nitrogens with zero attached hydrogens (tertiary/aromatic N) is 1. The molecule has 0 heterocycles. The molecule has 0 aliphatic rings. The van der Waals surface area contributed by atoms with Crippen LogP contribution in [0.3, 0.4) is 0 Å². The molecule has 0 atom stereocenters. The van der Waals surface area contributed by atoms with Crippen LogP contribution in [0.1, 0.15) is 0 Å². The fraction of sp³-hybridized carbons (Fsp3) is 0.364. The highest BCUT2D eigenvalue weighted by Gasteiger charge is 2.20. The zero-order valence-electron chi connectivity index (χ0n) is 10.9. The molecule has 20 heavy (non-hydrogen) atoms. The number of anilines is 1. The first-order valence-electron chi connectivity index (χ1n) is 5.50. The molecule has 0 unspecified atom stereocenters. The zero-order valence-corrected chi connectivity index (χ0v) is 13.2. The van der Waals surface area contributed by atoms with Gasteiger partial charge in [0, 0.05) is 11.6 Å². The Labute approximate surface area is 127 Å². The average Bonchev–Trinajstić information content (AvgIpc) is 2.34. The van der Waals surface area contributed by atoms with Crippen LogP contribution >= 0.6 is 23.2 Å². The van der Waals surface area contributed by atoms with Gasteiger partial charge < -0.3 is 10.1 Å². The van der Waals surface area contributed by atoms with Crippen molar-refractivity contribution in [3.05, 3.63) is 28.2 Å². The smallest absolute Gasteiger partial charge is 0.406 e. The molecule has 0 aliphatic heterocycles. The Morgan fingerprint density at radius 2 is 2.05 bits per heavy atom. The van der Waals surface area contributed by atoms with Gasteiger partial charge in [-0.25, -0.2) is 13.2 Å². The van der Waals surface area contributed by atoms with Crippen LogP contribution in [0.25, 0.3) is 0 Å². The minimum absolute atomic E-state index is 0.0231. The van der Waals surface area contributed by atoms with Crippen LogP contribution in [-0.2, 0) is 14.8 Å². The standard InChI is InChI=1S/C11H14Cl2N2O4S/c1-19-11(16)14-5-6-15(20(2,17)18)10-4-3-8(12)7-9(10)13/h3-4,7H,5-6H2,1-2H3,(H,14,16). The van der Waals surface area contributed by atoms with Gasteiger partial charge in [0.15, 0.2) is 0 Å². The van der Waals surface area contributed by atoms with E-state index in [2.05, 4.69) is 10.1 Å². The van der Waals surface area contributed by atoms with Gasteiger partial charge in [-0.15, -0.1) is 0 Å². The molecule has 0 aliphatic carbocycles. The van der Waals surface area contributed by atoms with Crippen LogP contribution in [0, 0.1) is 0 Å². The zero-order chi connectivity index (χ0) is 15.3. The molecule has 1 aromatic rings. The molecule has 0 radical (unpaired) electrons. The summed E-state index contributed by atoms with van der Waals surface area (Å²) >= 11 is 11.8. The predicted molar refractivity (Wildman–Crippen MR) is 79.1 cm³/mol. The molecule has 0 bridgehead atoms. The second-order valence-electron chi connectivity index (χ2n) is 3.85. The molecule has 0 aromatic heterocycles. The van der Waals surface area contributed by atoms with Gasteiger partial charge >= 0.3 is 6.09 Å². The van der Waals surface area contributed by atoms with Crippen molar-refractivity contribution in [1.29, 1.82) is 0 Å². The van der Waals surface area contributed by atoms with E-state index in [4.69, 9.17) is 23.2 Å². The third-order valence-corrected chi connectivity index (χ3v) is 4.07. The molecule has 112 valence electrons. The van der Waals surface area contributed by atoms with Crippen LogP contribution in [0.5, 0.6) is 0 Å². The number of nitrogens with one attached hydrogen (secondary N) is 1. The van der Waals surface area contributed by atoms with E-state index in [1.165, 1.54) is 25.3 Å². The van der Waals surface area contributed by atoms with E-state index in [0.717, 1.165) is 10.6 Å². The largest absolute Gasteiger partial charge is 0.453 e. The van der Waals surface area contributed by atoms with Gasteiger partial charge in [0.2, 0.25) is 10.0 Å². The number of benzene rings is 1. The third-order valence-electron chi connectivity index (χ3n) is 2.35. The summed E-state index contributed by atoms with van der Waals surface area (Å²) in [7, 11) is -2.32. The monoisotopic (exact) mass is 340 g/mol. The fourth-order valence-corrected chi connectivity index (χ4v) is 2.98. The number of alkyl carbamates (subject to hydrolysis) is 1. The van der Waals surface area contributed by atoms with Crippen LogP contribution in [0.2, 0.25) is 10.0 Å². The van der Waals surface area contributed by atoms with E-state index in [1.807, 2.05) is 0 Å². The van der Waals surface area contributed by atoms with Crippen molar-refractivity contribution in [2.45, 2.75) is 0 Å². The maximum absolute atomic E-state index is 11.8. The van der Waals surface area contributed by atoms with Gasteiger partial charge in [-0.05, 0) is 18.2 Å². The Kier molecular flexibility index (Phi) is 5.91. The lowest BCUT2D eigenvalue weighted by Gasteiger charge is -2.23. The van der Waals surface area contributed by atoms with Gasteiger partial charge in [0.05, 0.1) is 30.6 Å². The predicted octanol–water partition coefficient (Wildman–Crippen LogP) is 2.12. The number of halogens is 2. The van der Waals surface area contributed by atoms with E-state index in [-0.39, 0.29) is 18.1 Å². The molecule has 9 heteroatoms. The molecule has 0 fully saturated rings. The van der Waals surface area contributed by atoms with Crippen molar-refractivity contribution in [2.24, 2.45) is 0 Å². The van der Waals surface area contributed by atoms with Crippen LogP contribution < -0.4 is 9.62 Å². The van der Waals surface area contributed by atoms with Gasteiger partial charge in [-0.3, -0.25) is 4.31 Å². The Hall–Kier alpha value is -1.18. The molecule has 1 amide bonds. The number of hydrogen-bond acceptors (Lipinski definition) is 4. The summed E-state index contributed by atoms with van der Waals surface area (Å²) in [5, 5.41) is 3.01. The quantitative estimate of drug-likeness (QED) is 0.890. The number of carbonyl (C=O) groups excluding carboxylic acids is 1. The highest BCUT2D eigenvalue weighted by atomic mass is 35.5. The first kappa shape index (κ1) is 16.9. The number of carbonyl (C=O) groups is 1. The fourth-order valence-electron chi connectivity index (χ4n) is 1.48. The van der Waals surface area contributed by atoms with E-state index < -0.39 is 16.1 Å². The van der Waals surface area contributed by atoms with Gasteiger partial charge in [0.25, 0.3) is 0 Å². The number of hydrogen-bond donors (Lipinski definition) is 1. The molecule has 1 rings (SSSR count). The summed E-state index contributed by atoms with van der Waals surface area (Å²) in [5.41, 5.74) is 0.297. The van der Waals surface area contributed by atoms with Gasteiger partial charge in [-0.2, -0.15) is 0 Å². The summed E-state index contributed by atoms with van der Waals surface area (Å²) in [5.74, 6) is 0. The van der Waals surface area contributed by atoms with Crippen LogP contribution in [0.15, 0.2) is 18.2 Å². The molecule has 6 nitrogen and oxygen atoms in total. The van der Waals surface area contributed by atoms with Crippen LogP contribution in [0.4, 0.5) is 10.5 Å². The van der Waals surface area contributed by atoms with E-state index in [1.54, 1.807) is 0 Å². The Morgan fingerprint density at radius 1 is 1.40 bits per heavy atom. The van der Waals surface area contributed by atoms with Gasteiger partial charge in [0.1, 0.15) is 0 Å². The molecular formula is C11H14Cl2N2O4S. The topological polar surface area (TPSA) is 75.7 Å². The van der Waals surface area contributed by atoms with Crippen molar-refractivity contribution < 1.29 is 17.9 Å². The number of sulfonamides is 1. The minimum Gasteiger partial charge on any atom is -0.453 e. The molecule has 0 saturated carbocycles. The van der Waals surface area contributed by atoms with Crippen LogP contribution in [-0.4, -0.2) is 41.0 Å². The second-order valence-corrected chi connectivity index (χ2v) is 6.60. The highest BCUT2D eigenvalue weighted by molar-refractivity contribution is 7.92. The molecule has 1 N–H and O–H groups in total. The van der Waals surface area contributed by atoms with Crippen molar-refractivity contribution in [1.82, 2.24) is 5.32 Å². The van der Waals surface area contributed by atoms with E-state index >= 15 is 0 Å². The van der Waals surface area contributed by atoms with E-state index in [9.17, 15) is 13.2 Å². The van der Waals surface area contributed by atoms with Crippen molar-refractivity contribution in [2.75, 3.05) is 30.8 Å². The Bertz CT molecular complexity index is 592. The summed E-state index contributed by atoms with van der Waals surface area (Å²) in [4.78, 5) is 10.9. The average molecular weight is 341 g/mol. The first-order valence-corrected chi connectivity index (χ1v) is 8.10. The Balaban J connectivity index is 2.93. The summed E-state index contributed by atoms with van der Waals surface area (Å²) in [6, 6.07) is 4.49. The molecular weight excluding hydrogens is 327 g/mol. The van der Waals surface area contributed by atoms with E-state index in [0.29, 0.717) is 10.7 Å². The molecule has 0 spiro atoms. The lowest BCUT2D eigenvalue weighted by molar-refractivity contribution is 0.171. The van der Waals surface area contributed by atoms with Crippen molar-refractivity contribution >= 4 is 45.0 Å². The van der Waals surface area contributed by atoms with Crippen molar-refractivity contribution in [3.8, 4) is 0 Å².